The van der Waals surface area contributed by atoms with E-state index < -0.39 is 0 Å². The molecule has 118 valence electrons. The highest BCUT2D eigenvalue weighted by Gasteiger charge is 2.18. The smallest absolute Gasteiger partial charge is 0.0386 e. The van der Waals surface area contributed by atoms with E-state index in [0.717, 1.165) is 26.2 Å². The second-order valence-electron chi connectivity index (χ2n) is 6.13. The first-order chi connectivity index (χ1) is 10.2. The summed E-state index contributed by atoms with van der Waals surface area (Å²) < 4.78 is 0. The van der Waals surface area contributed by atoms with E-state index in [2.05, 4.69) is 60.3 Å². The number of likely N-dealkylation sites (N-methyl/N-ethyl adjacent to an activating group) is 1. The SMILES string of the molecule is CCN(CC)Cc1ccccc1NCC1CCCCN1C. The van der Waals surface area contributed by atoms with Crippen molar-refractivity contribution in [1.82, 2.24) is 9.80 Å². The molecule has 0 saturated carbocycles. The molecule has 21 heavy (non-hydrogen) atoms. The minimum absolute atomic E-state index is 0.681. The third kappa shape index (κ3) is 4.72. The van der Waals surface area contributed by atoms with Crippen LogP contribution in [0.25, 0.3) is 0 Å². The van der Waals surface area contributed by atoms with Crippen LogP contribution < -0.4 is 5.32 Å². The second-order valence-corrected chi connectivity index (χ2v) is 6.13. The fourth-order valence-corrected chi connectivity index (χ4v) is 3.15. The van der Waals surface area contributed by atoms with Gasteiger partial charge in [-0.15, -0.1) is 0 Å². The van der Waals surface area contributed by atoms with Crippen molar-refractivity contribution < 1.29 is 0 Å². The molecule has 0 aliphatic carbocycles. The number of benzene rings is 1. The van der Waals surface area contributed by atoms with Crippen molar-refractivity contribution in [3.8, 4) is 0 Å². The Bertz CT molecular complexity index is 415. The van der Waals surface area contributed by atoms with Crippen LogP contribution in [0.2, 0.25) is 0 Å². The van der Waals surface area contributed by atoms with Crippen molar-refractivity contribution in [2.45, 2.75) is 45.7 Å². The Balaban J connectivity index is 1.96. The summed E-state index contributed by atoms with van der Waals surface area (Å²) in [6.07, 6.45) is 4.05. The first-order valence-electron chi connectivity index (χ1n) is 8.49. The third-order valence-electron chi connectivity index (χ3n) is 4.76. The van der Waals surface area contributed by atoms with Crippen LogP contribution in [0.3, 0.4) is 0 Å². The lowest BCUT2D eigenvalue weighted by molar-refractivity contribution is 0.194. The zero-order chi connectivity index (χ0) is 15.1. The Labute approximate surface area is 130 Å². The van der Waals surface area contributed by atoms with Crippen molar-refractivity contribution in [1.29, 1.82) is 0 Å². The molecule has 0 aromatic heterocycles. The number of hydrogen-bond donors (Lipinski definition) is 1. The van der Waals surface area contributed by atoms with Gasteiger partial charge in [0.25, 0.3) is 0 Å². The first kappa shape index (κ1) is 16.3. The number of nitrogens with one attached hydrogen (secondary N) is 1. The van der Waals surface area contributed by atoms with Crippen molar-refractivity contribution >= 4 is 5.69 Å². The number of hydrogen-bond acceptors (Lipinski definition) is 3. The zero-order valence-electron chi connectivity index (χ0n) is 13.9. The number of anilines is 1. The summed E-state index contributed by atoms with van der Waals surface area (Å²) in [5, 5.41) is 3.70. The van der Waals surface area contributed by atoms with Gasteiger partial charge in [-0.05, 0) is 51.2 Å². The molecule has 0 radical (unpaired) electrons. The van der Waals surface area contributed by atoms with Gasteiger partial charge in [0.05, 0.1) is 0 Å². The number of para-hydroxylation sites is 1. The van der Waals surface area contributed by atoms with Gasteiger partial charge in [0, 0.05) is 24.8 Å². The fraction of sp³-hybridized carbons (Fsp3) is 0.667. The molecular formula is C18H31N3. The molecule has 3 heteroatoms. The molecule has 1 aromatic rings. The molecule has 1 aliphatic heterocycles. The molecule has 0 amide bonds. The summed E-state index contributed by atoms with van der Waals surface area (Å²) in [6.45, 7) is 10.0. The molecule has 3 nitrogen and oxygen atoms in total. The number of nitrogens with zero attached hydrogens (tertiary/aromatic N) is 2. The van der Waals surface area contributed by atoms with Crippen molar-refractivity contribution in [3.05, 3.63) is 29.8 Å². The minimum Gasteiger partial charge on any atom is -0.383 e. The van der Waals surface area contributed by atoms with Crippen LogP contribution in [0.5, 0.6) is 0 Å². The maximum atomic E-state index is 3.70. The Morgan fingerprint density at radius 1 is 1.19 bits per heavy atom. The Morgan fingerprint density at radius 3 is 2.67 bits per heavy atom. The van der Waals surface area contributed by atoms with Gasteiger partial charge in [-0.3, -0.25) is 4.90 Å². The maximum Gasteiger partial charge on any atom is 0.0386 e. The first-order valence-corrected chi connectivity index (χ1v) is 8.49. The molecule has 1 saturated heterocycles. The monoisotopic (exact) mass is 289 g/mol. The number of likely N-dealkylation sites (tertiary alicyclic amines) is 1. The quantitative estimate of drug-likeness (QED) is 0.829. The molecule has 0 bridgehead atoms. The highest BCUT2D eigenvalue weighted by Crippen LogP contribution is 2.20. The summed E-state index contributed by atoms with van der Waals surface area (Å²) in [6, 6.07) is 9.45. The summed E-state index contributed by atoms with van der Waals surface area (Å²) in [7, 11) is 2.26. The van der Waals surface area contributed by atoms with Crippen LogP contribution in [0.15, 0.2) is 24.3 Å². The van der Waals surface area contributed by atoms with Crippen LogP contribution in [0.1, 0.15) is 38.7 Å². The standard InChI is InChI=1S/C18H31N3/c1-4-21(5-2)15-16-10-6-7-12-18(16)19-14-17-11-8-9-13-20(17)3/h6-7,10,12,17,19H,4-5,8-9,11,13-15H2,1-3H3. The van der Waals surface area contributed by atoms with Gasteiger partial charge >= 0.3 is 0 Å². The molecular weight excluding hydrogens is 258 g/mol. The van der Waals surface area contributed by atoms with Gasteiger partial charge in [-0.1, -0.05) is 38.5 Å². The lowest BCUT2D eigenvalue weighted by Gasteiger charge is -2.33. The highest BCUT2D eigenvalue weighted by atomic mass is 15.2. The van der Waals surface area contributed by atoms with E-state index in [1.54, 1.807) is 0 Å². The van der Waals surface area contributed by atoms with Gasteiger partial charge in [0.15, 0.2) is 0 Å². The topological polar surface area (TPSA) is 18.5 Å². The number of rotatable bonds is 7. The Hall–Kier alpha value is -1.06. The summed E-state index contributed by atoms with van der Waals surface area (Å²) in [5.41, 5.74) is 2.73. The molecule has 1 aromatic carbocycles. The molecule has 1 unspecified atom stereocenters. The van der Waals surface area contributed by atoms with E-state index in [-0.39, 0.29) is 0 Å². The Kier molecular flexibility index (Phi) is 6.52. The predicted molar refractivity (Wildman–Crippen MR) is 91.8 cm³/mol. The highest BCUT2D eigenvalue weighted by molar-refractivity contribution is 5.51. The van der Waals surface area contributed by atoms with Crippen LogP contribution in [0.4, 0.5) is 5.69 Å². The van der Waals surface area contributed by atoms with Gasteiger partial charge in [-0.2, -0.15) is 0 Å². The lowest BCUT2D eigenvalue weighted by atomic mass is 10.0. The van der Waals surface area contributed by atoms with Crippen LogP contribution in [-0.4, -0.2) is 49.1 Å². The van der Waals surface area contributed by atoms with Crippen molar-refractivity contribution in [2.75, 3.05) is 38.5 Å². The molecule has 1 aliphatic rings. The van der Waals surface area contributed by atoms with Crippen LogP contribution in [0, 0.1) is 0 Å². The van der Waals surface area contributed by atoms with Gasteiger partial charge < -0.3 is 10.2 Å². The largest absolute Gasteiger partial charge is 0.383 e. The van der Waals surface area contributed by atoms with E-state index in [1.807, 2.05) is 0 Å². The van der Waals surface area contributed by atoms with Gasteiger partial charge in [0.1, 0.15) is 0 Å². The van der Waals surface area contributed by atoms with Gasteiger partial charge in [-0.25, -0.2) is 0 Å². The second kappa shape index (κ2) is 8.40. The van der Waals surface area contributed by atoms with E-state index in [9.17, 15) is 0 Å². The van der Waals surface area contributed by atoms with E-state index in [0.29, 0.717) is 6.04 Å². The van der Waals surface area contributed by atoms with Crippen LogP contribution >= 0.6 is 0 Å². The average molecular weight is 289 g/mol. The van der Waals surface area contributed by atoms with Crippen LogP contribution in [-0.2, 0) is 6.54 Å². The molecule has 2 rings (SSSR count). The summed E-state index contributed by atoms with van der Waals surface area (Å²) >= 11 is 0. The van der Waals surface area contributed by atoms with Crippen molar-refractivity contribution in [3.63, 3.8) is 0 Å². The van der Waals surface area contributed by atoms with Gasteiger partial charge in [0.2, 0.25) is 0 Å². The normalized spacial score (nSPS) is 19.9. The zero-order valence-corrected chi connectivity index (χ0v) is 13.9. The molecule has 1 fully saturated rings. The molecule has 1 N–H and O–H groups in total. The lowest BCUT2D eigenvalue weighted by Crippen LogP contribution is -2.40. The third-order valence-corrected chi connectivity index (χ3v) is 4.76. The molecule has 0 spiro atoms. The van der Waals surface area contributed by atoms with E-state index >= 15 is 0 Å². The maximum absolute atomic E-state index is 3.70. The predicted octanol–water partition coefficient (Wildman–Crippen LogP) is 3.42. The van der Waals surface area contributed by atoms with E-state index in [1.165, 1.54) is 37.1 Å². The average Bonchev–Trinajstić information content (AvgIpc) is 2.53. The Morgan fingerprint density at radius 2 is 1.95 bits per heavy atom. The molecule has 1 atom stereocenters. The minimum atomic E-state index is 0.681. The van der Waals surface area contributed by atoms with Crippen molar-refractivity contribution in [2.24, 2.45) is 0 Å². The number of piperidine rings is 1. The van der Waals surface area contributed by atoms with E-state index in [4.69, 9.17) is 0 Å². The fourth-order valence-electron chi connectivity index (χ4n) is 3.15. The summed E-state index contributed by atoms with van der Waals surface area (Å²) in [4.78, 5) is 4.97. The summed E-state index contributed by atoms with van der Waals surface area (Å²) in [5.74, 6) is 0. The molecule has 1 heterocycles.